The highest BCUT2D eigenvalue weighted by molar-refractivity contribution is 5.86. The van der Waals surface area contributed by atoms with Crippen molar-refractivity contribution in [2.75, 3.05) is 109 Å². The molecule has 0 bridgehead atoms. The van der Waals surface area contributed by atoms with Crippen LogP contribution in [0.4, 0.5) is 28.3 Å². The first kappa shape index (κ1) is 70.2. The van der Waals surface area contributed by atoms with Crippen molar-refractivity contribution >= 4 is 59.3 Å². The molecule has 0 radical (unpaired) electrons. The summed E-state index contributed by atoms with van der Waals surface area (Å²) in [6, 6.07) is 3.58. The molecule has 1 aromatic carbocycles. The molecule has 5 atom stereocenters. The van der Waals surface area contributed by atoms with Crippen LogP contribution in [0.3, 0.4) is 0 Å². The molecule has 1 unspecified atom stereocenters. The molecule has 26 nitrogen and oxygen atoms in total. The van der Waals surface area contributed by atoms with Gasteiger partial charge in [-0.1, -0.05) is 38.3 Å². The molecule has 474 valence electrons. The minimum absolute atomic E-state index is 0.0348. The molecule has 0 saturated carbocycles. The number of nitrogens with zero attached hydrogens (tertiary/aromatic N) is 8. The van der Waals surface area contributed by atoms with E-state index in [1.165, 1.54) is 0 Å². The van der Waals surface area contributed by atoms with E-state index in [-0.39, 0.29) is 68.2 Å². The van der Waals surface area contributed by atoms with Gasteiger partial charge in [-0.2, -0.15) is 15.0 Å². The lowest BCUT2D eigenvalue weighted by Gasteiger charge is -2.42. The second-order valence-electron chi connectivity index (χ2n) is 22.6. The summed E-state index contributed by atoms with van der Waals surface area (Å²) < 4.78 is 0. The summed E-state index contributed by atoms with van der Waals surface area (Å²) in [6.45, 7) is 12.2. The summed E-state index contributed by atoms with van der Waals surface area (Å²) in [7, 11) is 5.65. The van der Waals surface area contributed by atoms with Gasteiger partial charge in [0.1, 0.15) is 29.4 Å². The van der Waals surface area contributed by atoms with Crippen molar-refractivity contribution in [1.82, 2.24) is 50.5 Å². The van der Waals surface area contributed by atoms with Crippen LogP contribution in [0.25, 0.3) is 0 Å². The molecule has 3 heterocycles. The van der Waals surface area contributed by atoms with Crippen molar-refractivity contribution in [2.24, 2.45) is 5.41 Å². The zero-order chi connectivity index (χ0) is 62.6. The monoisotopic (exact) mass is 1190 g/mol. The summed E-state index contributed by atoms with van der Waals surface area (Å²) >= 11 is 0. The van der Waals surface area contributed by atoms with Gasteiger partial charge >= 0.3 is 29.9 Å². The highest BCUT2D eigenvalue weighted by Gasteiger charge is 2.42. The van der Waals surface area contributed by atoms with E-state index in [1.54, 1.807) is 19.1 Å². The molecule has 1 saturated heterocycles. The number of carboxylic acids is 4. The summed E-state index contributed by atoms with van der Waals surface area (Å²) in [6.07, 6.45) is 11.8. The lowest BCUT2D eigenvalue weighted by molar-refractivity contribution is -0.141. The van der Waals surface area contributed by atoms with Gasteiger partial charge in [0.05, 0.1) is 31.6 Å². The highest BCUT2D eigenvalue weighted by Crippen LogP contribution is 2.41. The Morgan fingerprint density at radius 3 is 2.05 bits per heavy atom. The fourth-order valence-corrected chi connectivity index (χ4v) is 10.3. The van der Waals surface area contributed by atoms with E-state index in [1.807, 2.05) is 78.9 Å². The molecule has 2 aliphatic rings. The minimum Gasteiger partial charge on any atom is -0.511 e. The van der Waals surface area contributed by atoms with Gasteiger partial charge in [-0.25, -0.2) is 14.4 Å². The van der Waals surface area contributed by atoms with Gasteiger partial charge in [0, 0.05) is 69.9 Å². The molecule has 2 aliphatic heterocycles. The van der Waals surface area contributed by atoms with Gasteiger partial charge in [-0.3, -0.25) is 34.0 Å². The van der Waals surface area contributed by atoms with Crippen LogP contribution in [0.1, 0.15) is 123 Å². The van der Waals surface area contributed by atoms with Gasteiger partial charge in [-0.15, -0.1) is 0 Å². The van der Waals surface area contributed by atoms with Crippen molar-refractivity contribution in [3.05, 3.63) is 64.8 Å². The lowest BCUT2D eigenvalue weighted by Crippen LogP contribution is -2.51. The minimum atomic E-state index is -1.49. The van der Waals surface area contributed by atoms with Crippen LogP contribution in [-0.2, 0) is 30.4 Å². The van der Waals surface area contributed by atoms with E-state index < -0.39 is 59.9 Å². The SMILES string of the molecule is CCN(C)C/C(O)=C\[C@@]1(/C(C)=C(/O)CN(C)C(C)Cc2ccc(Nc3nc(NCCCCCCCC(=O)NCCCC[C@H](NC(=O)N[C@@H](CCC(=O)O)C(=O)O)C(=O)O)nc(N4CCCCC4)n3)cc2)/C=C(/O)CN(C)CCN(CC(=O)O)[C@@H]1C. The third-order valence-electron chi connectivity index (χ3n) is 15.8. The number of aliphatic hydroxyl groups is 3. The van der Waals surface area contributed by atoms with E-state index >= 15 is 0 Å². The van der Waals surface area contributed by atoms with Crippen molar-refractivity contribution in [3.8, 4) is 0 Å². The Bertz CT molecular complexity index is 2580. The first-order valence-electron chi connectivity index (χ1n) is 29.7. The standard InChI is InChI=1S/C59H95N13O13/c1-8-68(5)36-45(73)34-59(35-46(74)37-69(6)31-32-72(42(59)4)39-52(79)80)41(3)49(75)38-70(7)40(2)33-43-21-23-44(24-22-43)62-56-65-55(66-57(67-56)71-29-17-12-18-30-71)61-28-15-11-9-10-13-20-50(76)60-27-16-14-19-47(53(81)82)63-58(85)64-48(54(83)84)25-26-51(77)78/h21-24,34-35,40,42,47-48,73-75H,8-20,25-33,36-39H2,1-7H3,(H,60,76)(H,77,78)(H,79,80)(H,81,82)(H,83,84)(H2,63,64,85)(H2,61,62,65,66,67)/b45-34+,46-35+,49-41+/t40?,42-,47+,48+,59+/m1/s1. The molecule has 26 heteroatoms. The van der Waals surface area contributed by atoms with Gasteiger partial charge in [0.15, 0.2) is 0 Å². The number of benzene rings is 1. The number of hydrogen-bond donors (Lipinski definition) is 12. The summed E-state index contributed by atoms with van der Waals surface area (Å²) in [5.74, 6) is -3.49. The van der Waals surface area contributed by atoms with Crippen LogP contribution in [0, 0.1) is 5.41 Å². The molecule has 3 amide bonds. The number of amides is 3. The average molecular weight is 1190 g/mol. The molecule has 12 N–H and O–H groups in total. The number of piperidine rings is 1. The summed E-state index contributed by atoms with van der Waals surface area (Å²) in [5.41, 5.74) is 1.07. The van der Waals surface area contributed by atoms with Crippen molar-refractivity contribution < 1.29 is 64.5 Å². The zero-order valence-electron chi connectivity index (χ0n) is 50.8. The maximum atomic E-state index is 12.5. The highest BCUT2D eigenvalue weighted by atomic mass is 16.4. The third-order valence-corrected chi connectivity index (χ3v) is 15.8. The Morgan fingerprint density at radius 1 is 0.765 bits per heavy atom. The number of unbranched alkanes of at least 4 members (excludes halogenated alkanes) is 5. The molecule has 0 spiro atoms. The number of aromatic nitrogens is 3. The van der Waals surface area contributed by atoms with Crippen LogP contribution >= 0.6 is 0 Å². The first-order valence-corrected chi connectivity index (χ1v) is 29.7. The predicted octanol–water partition coefficient (Wildman–Crippen LogP) is 5.95. The lowest BCUT2D eigenvalue weighted by atomic mass is 9.72. The van der Waals surface area contributed by atoms with Gasteiger partial charge in [0.2, 0.25) is 23.8 Å². The Hall–Kier alpha value is -7.29. The number of carboxylic acid groups (broad SMARTS) is 4. The smallest absolute Gasteiger partial charge is 0.326 e. The number of rotatable bonds is 36. The first-order chi connectivity index (χ1) is 40.4. The number of likely N-dealkylation sites (N-methyl/N-ethyl adjacent to an activating group) is 3. The molecule has 1 fully saturated rings. The number of hydrogen-bond acceptors (Lipinski definition) is 19. The van der Waals surface area contributed by atoms with Gasteiger partial charge < -0.3 is 67.2 Å². The second-order valence-corrected chi connectivity index (χ2v) is 22.6. The summed E-state index contributed by atoms with van der Waals surface area (Å²) in [4.78, 5) is 95.0. The zero-order valence-corrected chi connectivity index (χ0v) is 50.8. The fraction of sp³-hybridized carbons (Fsp3) is 0.644. The average Bonchev–Trinajstić information content (AvgIpc) is 2.23. The van der Waals surface area contributed by atoms with E-state index in [0.717, 1.165) is 69.3 Å². The fourth-order valence-electron chi connectivity index (χ4n) is 10.3. The number of aliphatic hydroxyl groups excluding tert-OH is 3. The van der Waals surface area contributed by atoms with E-state index in [9.17, 15) is 59.4 Å². The van der Waals surface area contributed by atoms with Crippen molar-refractivity contribution in [3.63, 3.8) is 0 Å². The largest absolute Gasteiger partial charge is 0.511 e. The van der Waals surface area contributed by atoms with E-state index in [4.69, 9.17) is 20.1 Å². The normalized spacial score (nSPS) is 19.3. The molecule has 1 aromatic heterocycles. The Kier molecular flexibility index (Phi) is 29.6. The van der Waals surface area contributed by atoms with Crippen LogP contribution < -0.4 is 31.5 Å². The molecule has 0 aliphatic carbocycles. The number of aliphatic carboxylic acids is 4. The predicted molar refractivity (Wildman–Crippen MR) is 324 cm³/mol. The van der Waals surface area contributed by atoms with Crippen LogP contribution in [-0.4, -0.2) is 223 Å². The molecule has 85 heavy (non-hydrogen) atoms. The third kappa shape index (κ3) is 24.7. The maximum absolute atomic E-state index is 12.5. The molecule has 4 rings (SSSR count). The van der Waals surface area contributed by atoms with Gasteiger partial charge in [-0.05, 0) is 148 Å². The number of anilines is 4. The Balaban J connectivity index is 1.28. The number of carbonyl (C=O) groups excluding carboxylic acids is 2. The van der Waals surface area contributed by atoms with Crippen molar-refractivity contribution in [1.29, 1.82) is 0 Å². The summed E-state index contributed by atoms with van der Waals surface area (Å²) in [5, 5.41) is 86.3. The molecular formula is C59H95N13O13. The topological polar surface area (TPSA) is 359 Å². The Morgan fingerprint density at radius 2 is 1.40 bits per heavy atom. The van der Waals surface area contributed by atoms with Gasteiger partial charge in [0.25, 0.3) is 0 Å². The van der Waals surface area contributed by atoms with Crippen LogP contribution in [0.2, 0.25) is 0 Å². The number of nitrogens with one attached hydrogen (secondary N) is 5. The molecule has 2 aromatic rings. The second kappa shape index (κ2) is 35.9. The quantitative estimate of drug-likeness (QED) is 0.0277. The Labute approximate surface area is 499 Å². The molecular weight excluding hydrogens is 1100 g/mol. The van der Waals surface area contributed by atoms with Crippen LogP contribution in [0.15, 0.2) is 59.3 Å². The van der Waals surface area contributed by atoms with E-state index in [2.05, 4.69) is 38.4 Å². The number of carbonyl (C=O) groups is 6. The van der Waals surface area contributed by atoms with Crippen LogP contribution in [0.5, 0.6) is 0 Å². The van der Waals surface area contributed by atoms with Crippen molar-refractivity contribution in [2.45, 2.75) is 148 Å². The maximum Gasteiger partial charge on any atom is 0.326 e. The number of urea groups is 1. The van der Waals surface area contributed by atoms with E-state index in [0.29, 0.717) is 88.2 Å².